The van der Waals surface area contributed by atoms with Crippen molar-refractivity contribution in [3.8, 4) is 5.75 Å². The summed E-state index contributed by atoms with van der Waals surface area (Å²) >= 11 is 5.96. The number of anilines is 1. The number of hydrogen-bond acceptors (Lipinski definition) is 4. The second-order valence-electron chi connectivity index (χ2n) is 5.98. The van der Waals surface area contributed by atoms with E-state index in [4.69, 9.17) is 22.1 Å². The van der Waals surface area contributed by atoms with Crippen LogP contribution in [0.4, 0.5) is 5.69 Å². The van der Waals surface area contributed by atoms with Crippen LogP contribution in [0.15, 0.2) is 12.1 Å². The minimum atomic E-state index is -0.348. The van der Waals surface area contributed by atoms with E-state index in [0.29, 0.717) is 17.0 Å². The molecule has 0 unspecified atom stereocenters. The normalized spacial score (nSPS) is 14.9. The van der Waals surface area contributed by atoms with E-state index in [9.17, 15) is 9.59 Å². The van der Waals surface area contributed by atoms with Gasteiger partial charge >= 0.3 is 0 Å². The molecule has 132 valence electrons. The summed E-state index contributed by atoms with van der Waals surface area (Å²) in [5, 5.41) is 6.02. The first-order valence-electron chi connectivity index (χ1n) is 8.22. The molecule has 7 heteroatoms. The number of rotatable bonds is 6. The molecule has 0 saturated heterocycles. The van der Waals surface area contributed by atoms with Crippen molar-refractivity contribution in [1.82, 2.24) is 10.6 Å². The number of nitrogens with two attached hydrogens (primary N) is 1. The molecule has 6 nitrogen and oxygen atoms in total. The molecule has 1 aromatic carbocycles. The van der Waals surface area contributed by atoms with Crippen LogP contribution in [0, 0.1) is 0 Å². The van der Waals surface area contributed by atoms with Crippen molar-refractivity contribution in [2.45, 2.75) is 44.6 Å². The fourth-order valence-electron chi connectivity index (χ4n) is 2.85. The molecule has 1 aliphatic carbocycles. The fourth-order valence-corrected chi connectivity index (χ4v) is 3.01. The van der Waals surface area contributed by atoms with Gasteiger partial charge in [0.25, 0.3) is 5.91 Å². The highest BCUT2D eigenvalue weighted by molar-refractivity contribution is 6.33. The Hall–Kier alpha value is -1.95. The highest BCUT2D eigenvalue weighted by Crippen LogP contribution is 2.28. The van der Waals surface area contributed by atoms with Gasteiger partial charge in [0.15, 0.2) is 0 Å². The third-order valence-corrected chi connectivity index (χ3v) is 4.50. The van der Waals surface area contributed by atoms with Crippen molar-refractivity contribution in [3.05, 3.63) is 22.7 Å². The van der Waals surface area contributed by atoms with Crippen molar-refractivity contribution < 1.29 is 14.3 Å². The maximum Gasteiger partial charge on any atom is 0.255 e. The summed E-state index contributed by atoms with van der Waals surface area (Å²) in [6.45, 7) is 0.253. The van der Waals surface area contributed by atoms with Gasteiger partial charge in [-0.3, -0.25) is 9.59 Å². The highest BCUT2D eigenvalue weighted by Gasteiger charge is 2.17. The second-order valence-corrected chi connectivity index (χ2v) is 6.39. The zero-order valence-corrected chi connectivity index (χ0v) is 14.6. The number of carbonyl (C=O) groups excluding carboxylic acids is 2. The van der Waals surface area contributed by atoms with Crippen molar-refractivity contribution in [2.75, 3.05) is 19.4 Å². The lowest BCUT2D eigenvalue weighted by atomic mass is 9.95. The van der Waals surface area contributed by atoms with E-state index in [-0.39, 0.29) is 35.8 Å². The van der Waals surface area contributed by atoms with Crippen LogP contribution in [0.1, 0.15) is 48.9 Å². The monoisotopic (exact) mass is 353 g/mol. The lowest BCUT2D eigenvalue weighted by molar-refractivity contribution is -0.121. The molecule has 1 fully saturated rings. The van der Waals surface area contributed by atoms with Crippen LogP contribution >= 0.6 is 11.6 Å². The molecule has 0 spiro atoms. The van der Waals surface area contributed by atoms with Crippen LogP contribution in [-0.2, 0) is 4.79 Å². The number of ether oxygens (including phenoxy) is 1. The molecule has 1 aliphatic rings. The van der Waals surface area contributed by atoms with Gasteiger partial charge in [-0.1, -0.05) is 30.9 Å². The zero-order valence-electron chi connectivity index (χ0n) is 13.9. The molecule has 24 heavy (non-hydrogen) atoms. The lowest BCUT2D eigenvalue weighted by Crippen LogP contribution is -2.38. The number of amides is 2. The van der Waals surface area contributed by atoms with E-state index in [1.165, 1.54) is 38.5 Å². The van der Waals surface area contributed by atoms with Gasteiger partial charge in [0.1, 0.15) is 5.75 Å². The quantitative estimate of drug-likeness (QED) is 0.685. The smallest absolute Gasteiger partial charge is 0.255 e. The molecular weight excluding hydrogens is 330 g/mol. The Kier molecular flexibility index (Phi) is 6.73. The Morgan fingerprint density at radius 3 is 2.67 bits per heavy atom. The van der Waals surface area contributed by atoms with Crippen molar-refractivity contribution >= 4 is 29.1 Å². The number of halogens is 1. The van der Waals surface area contributed by atoms with E-state index >= 15 is 0 Å². The van der Waals surface area contributed by atoms with E-state index in [1.54, 1.807) is 0 Å². The minimum Gasteiger partial charge on any atom is -0.496 e. The number of hydrogen-bond donors (Lipinski definition) is 3. The summed E-state index contributed by atoms with van der Waals surface area (Å²) in [5.74, 6) is -0.0372. The molecule has 4 N–H and O–H groups in total. The maximum atomic E-state index is 12.2. The van der Waals surface area contributed by atoms with Crippen LogP contribution in [0.3, 0.4) is 0 Å². The fraction of sp³-hybridized carbons (Fsp3) is 0.529. The Labute approximate surface area is 147 Å². The largest absolute Gasteiger partial charge is 0.496 e. The van der Waals surface area contributed by atoms with E-state index in [1.807, 2.05) is 0 Å². The van der Waals surface area contributed by atoms with E-state index < -0.39 is 0 Å². The number of nitrogens with one attached hydrogen (secondary N) is 2. The third kappa shape index (κ3) is 5.03. The number of nitrogen functional groups attached to an aromatic ring is 1. The number of carbonyl (C=O) groups is 2. The topological polar surface area (TPSA) is 93.4 Å². The van der Waals surface area contributed by atoms with Crippen molar-refractivity contribution in [2.24, 2.45) is 0 Å². The molecule has 1 saturated carbocycles. The summed E-state index contributed by atoms with van der Waals surface area (Å²) in [6.07, 6.45) is 5.90. The van der Waals surface area contributed by atoms with Crippen LogP contribution < -0.4 is 21.1 Å². The summed E-state index contributed by atoms with van der Waals surface area (Å²) < 4.78 is 5.15. The predicted octanol–water partition coefficient (Wildman–Crippen LogP) is 2.50. The van der Waals surface area contributed by atoms with Gasteiger partial charge in [-0.25, -0.2) is 0 Å². The van der Waals surface area contributed by atoms with Crippen LogP contribution in [-0.4, -0.2) is 31.5 Å². The SMILES string of the molecule is COc1cc(N)c(Cl)cc1C(=O)NCCC(=O)NC1CCCCC1. The van der Waals surface area contributed by atoms with Crippen molar-refractivity contribution in [3.63, 3.8) is 0 Å². The van der Waals surface area contributed by atoms with Gasteiger partial charge in [-0.2, -0.15) is 0 Å². The van der Waals surface area contributed by atoms with Gasteiger partial charge in [-0.15, -0.1) is 0 Å². The summed E-state index contributed by atoms with van der Waals surface area (Å²) in [6, 6.07) is 3.25. The first-order chi connectivity index (χ1) is 11.5. The van der Waals surface area contributed by atoms with E-state index in [0.717, 1.165) is 12.8 Å². The molecule has 2 rings (SSSR count). The third-order valence-electron chi connectivity index (χ3n) is 4.17. The molecule has 0 aromatic heterocycles. The Morgan fingerprint density at radius 1 is 1.29 bits per heavy atom. The Bertz CT molecular complexity index is 601. The first-order valence-corrected chi connectivity index (χ1v) is 8.59. The van der Waals surface area contributed by atoms with Gasteiger partial charge in [0.2, 0.25) is 5.91 Å². The van der Waals surface area contributed by atoms with Gasteiger partial charge in [-0.05, 0) is 18.9 Å². The molecule has 0 aliphatic heterocycles. The molecule has 0 bridgehead atoms. The number of benzene rings is 1. The first kappa shape index (κ1) is 18.4. The molecular formula is C17H24ClN3O3. The Balaban J connectivity index is 1.82. The molecule has 0 heterocycles. The molecule has 0 atom stereocenters. The van der Waals surface area contributed by atoms with Gasteiger partial charge in [0.05, 0.1) is 23.4 Å². The zero-order chi connectivity index (χ0) is 17.5. The van der Waals surface area contributed by atoms with Gasteiger partial charge < -0.3 is 21.1 Å². The van der Waals surface area contributed by atoms with Crippen LogP contribution in [0.5, 0.6) is 5.75 Å². The minimum absolute atomic E-state index is 0.0375. The second kappa shape index (κ2) is 8.78. The summed E-state index contributed by atoms with van der Waals surface area (Å²) in [5.41, 5.74) is 6.34. The van der Waals surface area contributed by atoms with Crippen molar-refractivity contribution in [1.29, 1.82) is 0 Å². The average Bonchev–Trinajstić information content (AvgIpc) is 2.57. The molecule has 0 radical (unpaired) electrons. The number of methoxy groups -OCH3 is 1. The van der Waals surface area contributed by atoms with E-state index in [2.05, 4.69) is 10.6 Å². The molecule has 1 aromatic rings. The summed E-state index contributed by atoms with van der Waals surface area (Å²) in [7, 11) is 1.46. The van der Waals surface area contributed by atoms with Crippen LogP contribution in [0.25, 0.3) is 0 Å². The average molecular weight is 354 g/mol. The van der Waals surface area contributed by atoms with Crippen LogP contribution in [0.2, 0.25) is 5.02 Å². The highest BCUT2D eigenvalue weighted by atomic mass is 35.5. The Morgan fingerprint density at radius 2 is 2.00 bits per heavy atom. The molecule has 2 amide bonds. The standard InChI is InChI=1S/C17H24ClN3O3/c1-24-15-10-14(19)13(18)9-12(15)17(23)20-8-7-16(22)21-11-5-3-2-4-6-11/h9-11H,2-8,19H2,1H3,(H,20,23)(H,21,22). The maximum absolute atomic E-state index is 12.2. The summed E-state index contributed by atoms with van der Waals surface area (Å²) in [4.78, 5) is 24.2. The lowest BCUT2D eigenvalue weighted by Gasteiger charge is -2.22. The van der Waals surface area contributed by atoms with Gasteiger partial charge in [0, 0.05) is 25.1 Å². The predicted molar refractivity (Wildman–Crippen MR) is 94.4 cm³/mol.